The Morgan fingerprint density at radius 3 is 2.37 bits per heavy atom. The van der Waals surface area contributed by atoms with Crippen LogP contribution in [0.3, 0.4) is 0 Å². The van der Waals surface area contributed by atoms with E-state index in [9.17, 15) is 17.6 Å². The fourth-order valence-corrected chi connectivity index (χ4v) is 2.53. The first-order valence-corrected chi connectivity index (χ1v) is 7.45. The number of carboxylic acids is 1. The number of aromatic carboxylic acids is 1. The molecule has 0 saturated heterocycles. The molecule has 2 N–H and O–H groups in total. The van der Waals surface area contributed by atoms with Crippen LogP contribution < -0.4 is 4.72 Å². The topological polar surface area (TPSA) is 83.5 Å². The zero-order valence-electron chi connectivity index (χ0n) is 10.3. The zero-order chi connectivity index (χ0) is 14.3. The first kappa shape index (κ1) is 15.6. The molecule has 0 aliphatic rings. The number of rotatable bonds is 8. The highest BCUT2D eigenvalue weighted by Gasteiger charge is 2.09. The Morgan fingerprint density at radius 1 is 1.21 bits per heavy atom. The van der Waals surface area contributed by atoms with Crippen molar-refractivity contribution in [1.82, 2.24) is 4.72 Å². The SMILES string of the molecule is O=C(O)c1ccc(CNS(=O)(=O)CCCCF)cc1. The summed E-state index contributed by atoms with van der Waals surface area (Å²) in [6.45, 7) is -0.427. The standard InChI is InChI=1S/C12H16FNO4S/c13-7-1-2-8-19(17,18)14-9-10-3-5-11(6-4-10)12(15)16/h3-6,14H,1-2,7-9H2,(H,15,16). The van der Waals surface area contributed by atoms with E-state index < -0.39 is 22.7 Å². The van der Waals surface area contributed by atoms with Crippen molar-refractivity contribution in [2.75, 3.05) is 12.4 Å². The van der Waals surface area contributed by atoms with Crippen LogP contribution in [0.25, 0.3) is 0 Å². The quantitative estimate of drug-likeness (QED) is 0.711. The number of unbranched alkanes of at least 4 members (excludes halogenated alkanes) is 1. The number of hydrogen-bond acceptors (Lipinski definition) is 3. The fraction of sp³-hybridized carbons (Fsp3) is 0.417. The van der Waals surface area contributed by atoms with Crippen molar-refractivity contribution in [3.8, 4) is 0 Å². The van der Waals surface area contributed by atoms with E-state index in [1.54, 1.807) is 12.1 Å². The Labute approximate surface area is 111 Å². The van der Waals surface area contributed by atoms with Crippen LogP contribution in [0.1, 0.15) is 28.8 Å². The maximum absolute atomic E-state index is 11.9. The predicted octanol–water partition coefficient (Wildman–Crippen LogP) is 1.55. The normalized spacial score (nSPS) is 11.4. The molecule has 1 aromatic carbocycles. The van der Waals surface area contributed by atoms with Crippen LogP contribution in [0.4, 0.5) is 4.39 Å². The molecule has 0 spiro atoms. The van der Waals surface area contributed by atoms with E-state index in [4.69, 9.17) is 5.11 Å². The third-order valence-corrected chi connectivity index (χ3v) is 3.90. The molecule has 0 heterocycles. The van der Waals surface area contributed by atoms with Crippen molar-refractivity contribution in [2.24, 2.45) is 0 Å². The van der Waals surface area contributed by atoms with Gasteiger partial charge in [0.2, 0.25) is 10.0 Å². The van der Waals surface area contributed by atoms with E-state index in [1.807, 2.05) is 0 Å². The largest absolute Gasteiger partial charge is 0.478 e. The van der Waals surface area contributed by atoms with Crippen molar-refractivity contribution in [2.45, 2.75) is 19.4 Å². The molecule has 0 aliphatic carbocycles. The van der Waals surface area contributed by atoms with Gasteiger partial charge in [0.1, 0.15) is 0 Å². The molecule has 0 atom stereocenters. The Morgan fingerprint density at radius 2 is 1.84 bits per heavy atom. The Kier molecular flexibility index (Phi) is 5.91. The molecular weight excluding hydrogens is 273 g/mol. The van der Waals surface area contributed by atoms with E-state index in [0.717, 1.165) is 0 Å². The summed E-state index contributed by atoms with van der Waals surface area (Å²) in [5.41, 5.74) is 0.814. The molecule has 1 aromatic rings. The van der Waals surface area contributed by atoms with Crippen molar-refractivity contribution < 1.29 is 22.7 Å². The number of hydrogen-bond donors (Lipinski definition) is 2. The maximum Gasteiger partial charge on any atom is 0.335 e. The van der Waals surface area contributed by atoms with Gasteiger partial charge in [0.15, 0.2) is 0 Å². The predicted molar refractivity (Wildman–Crippen MR) is 69.2 cm³/mol. The minimum Gasteiger partial charge on any atom is -0.478 e. The molecule has 1 rings (SSSR count). The summed E-state index contributed by atoms with van der Waals surface area (Å²) in [5.74, 6) is -1.14. The first-order valence-electron chi connectivity index (χ1n) is 5.80. The molecule has 106 valence electrons. The van der Waals surface area contributed by atoms with Crippen LogP contribution in [-0.2, 0) is 16.6 Å². The number of halogens is 1. The van der Waals surface area contributed by atoms with Crippen LogP contribution in [0.15, 0.2) is 24.3 Å². The molecule has 0 aromatic heterocycles. The molecule has 0 aliphatic heterocycles. The van der Waals surface area contributed by atoms with Gasteiger partial charge < -0.3 is 5.11 Å². The van der Waals surface area contributed by atoms with Crippen molar-refractivity contribution >= 4 is 16.0 Å². The second-order valence-corrected chi connectivity index (χ2v) is 5.96. The molecule has 0 radical (unpaired) electrons. The second kappa shape index (κ2) is 7.20. The Hall–Kier alpha value is -1.47. The molecule has 0 unspecified atom stereocenters. The highest BCUT2D eigenvalue weighted by atomic mass is 32.2. The summed E-state index contributed by atoms with van der Waals surface area (Å²) in [6, 6.07) is 5.92. The van der Waals surface area contributed by atoms with Gasteiger partial charge >= 0.3 is 5.97 Å². The lowest BCUT2D eigenvalue weighted by Gasteiger charge is -2.06. The number of benzene rings is 1. The summed E-state index contributed by atoms with van der Waals surface area (Å²) in [4.78, 5) is 10.6. The van der Waals surface area contributed by atoms with Gasteiger partial charge in [-0.1, -0.05) is 12.1 Å². The summed E-state index contributed by atoms with van der Waals surface area (Å²) >= 11 is 0. The molecule has 7 heteroatoms. The number of carbonyl (C=O) groups is 1. The van der Waals surface area contributed by atoms with Crippen LogP contribution in [0.5, 0.6) is 0 Å². The van der Waals surface area contributed by atoms with Gasteiger partial charge in [0.05, 0.1) is 18.0 Å². The number of sulfonamides is 1. The van der Waals surface area contributed by atoms with E-state index in [1.165, 1.54) is 12.1 Å². The average molecular weight is 289 g/mol. The van der Waals surface area contributed by atoms with Crippen LogP contribution >= 0.6 is 0 Å². The van der Waals surface area contributed by atoms with E-state index in [0.29, 0.717) is 5.56 Å². The third kappa shape index (κ3) is 5.80. The first-order chi connectivity index (χ1) is 8.94. The minimum absolute atomic E-state index is 0.0951. The van der Waals surface area contributed by atoms with Gasteiger partial charge in [-0.2, -0.15) is 0 Å². The van der Waals surface area contributed by atoms with Crippen LogP contribution in [0, 0.1) is 0 Å². The average Bonchev–Trinajstić information content (AvgIpc) is 2.37. The van der Waals surface area contributed by atoms with Gasteiger partial charge in [-0.3, -0.25) is 4.39 Å². The highest BCUT2D eigenvalue weighted by molar-refractivity contribution is 7.89. The monoisotopic (exact) mass is 289 g/mol. The number of nitrogens with one attached hydrogen (secondary N) is 1. The lowest BCUT2D eigenvalue weighted by Crippen LogP contribution is -2.26. The number of alkyl halides is 1. The summed E-state index contributed by atoms with van der Waals surface area (Å²) in [7, 11) is -3.41. The summed E-state index contributed by atoms with van der Waals surface area (Å²) in [5, 5.41) is 8.71. The summed E-state index contributed by atoms with van der Waals surface area (Å²) < 4.78 is 37.3. The zero-order valence-corrected chi connectivity index (χ0v) is 11.1. The number of carboxylic acid groups (broad SMARTS) is 1. The third-order valence-electron chi connectivity index (χ3n) is 2.49. The lowest BCUT2D eigenvalue weighted by molar-refractivity contribution is 0.0697. The van der Waals surface area contributed by atoms with Crippen LogP contribution in [0.2, 0.25) is 0 Å². The molecule has 5 nitrogen and oxygen atoms in total. The van der Waals surface area contributed by atoms with Gasteiger partial charge in [0.25, 0.3) is 0 Å². The van der Waals surface area contributed by atoms with Crippen molar-refractivity contribution in [3.05, 3.63) is 35.4 Å². The van der Waals surface area contributed by atoms with Gasteiger partial charge in [0, 0.05) is 6.54 Å². The Balaban J connectivity index is 2.49. The van der Waals surface area contributed by atoms with Gasteiger partial charge in [-0.25, -0.2) is 17.9 Å². The summed E-state index contributed by atoms with van der Waals surface area (Å²) in [6.07, 6.45) is 0.512. The minimum atomic E-state index is -3.41. The molecular formula is C12H16FNO4S. The van der Waals surface area contributed by atoms with Gasteiger partial charge in [-0.05, 0) is 30.5 Å². The smallest absolute Gasteiger partial charge is 0.335 e. The van der Waals surface area contributed by atoms with Gasteiger partial charge in [-0.15, -0.1) is 0 Å². The highest BCUT2D eigenvalue weighted by Crippen LogP contribution is 2.05. The Bertz CT molecular complexity index is 513. The van der Waals surface area contributed by atoms with E-state index >= 15 is 0 Å². The molecule has 0 saturated carbocycles. The van der Waals surface area contributed by atoms with Crippen molar-refractivity contribution in [3.63, 3.8) is 0 Å². The van der Waals surface area contributed by atoms with Crippen molar-refractivity contribution in [1.29, 1.82) is 0 Å². The molecule has 19 heavy (non-hydrogen) atoms. The molecule has 0 amide bonds. The van der Waals surface area contributed by atoms with E-state index in [-0.39, 0.29) is 30.7 Å². The lowest BCUT2D eigenvalue weighted by atomic mass is 10.1. The molecule has 0 fully saturated rings. The van der Waals surface area contributed by atoms with Crippen LogP contribution in [-0.4, -0.2) is 31.9 Å². The second-order valence-electron chi connectivity index (χ2n) is 4.04. The van der Waals surface area contributed by atoms with E-state index in [2.05, 4.69) is 4.72 Å². The molecule has 0 bridgehead atoms. The fourth-order valence-electron chi connectivity index (χ4n) is 1.42. The maximum atomic E-state index is 11.9.